The van der Waals surface area contributed by atoms with E-state index >= 15 is 0 Å². The maximum atomic E-state index is 6.22. The number of nitrogens with two attached hydrogens (primary N) is 1. The van der Waals surface area contributed by atoms with E-state index in [1.54, 1.807) is 0 Å². The molecule has 0 aromatic heterocycles. The van der Waals surface area contributed by atoms with Crippen molar-refractivity contribution in [1.82, 2.24) is 4.90 Å². The quantitative estimate of drug-likeness (QED) is 0.738. The molecule has 0 aliphatic carbocycles. The van der Waals surface area contributed by atoms with Crippen LogP contribution in [0.25, 0.3) is 0 Å². The van der Waals surface area contributed by atoms with Gasteiger partial charge in [0.1, 0.15) is 0 Å². The first-order valence-corrected chi connectivity index (χ1v) is 8.18. The van der Waals surface area contributed by atoms with Crippen molar-refractivity contribution in [2.75, 3.05) is 12.3 Å². The Bertz CT molecular complexity index is 330. The minimum Gasteiger partial charge on any atom is -0.327 e. The van der Waals surface area contributed by atoms with E-state index in [1.807, 2.05) is 17.8 Å². The van der Waals surface area contributed by atoms with Gasteiger partial charge in [-0.05, 0) is 46.2 Å². The standard InChI is InChI=1S/C16H28N2S/c1-13(2)18(14(3)4)11-10-15(17)12-19-16-8-6-5-7-9-16/h5-9,13-15H,10-12,17H2,1-4H3/t15-/m1/s1. The van der Waals surface area contributed by atoms with Gasteiger partial charge in [0.05, 0.1) is 0 Å². The maximum Gasteiger partial charge on any atom is 0.0146 e. The zero-order chi connectivity index (χ0) is 14.3. The van der Waals surface area contributed by atoms with Crippen LogP contribution in [0, 0.1) is 0 Å². The topological polar surface area (TPSA) is 29.3 Å². The van der Waals surface area contributed by atoms with Crippen LogP contribution >= 0.6 is 11.8 Å². The zero-order valence-corrected chi connectivity index (χ0v) is 13.5. The number of rotatable bonds is 8. The number of hydrogen-bond donors (Lipinski definition) is 1. The molecule has 0 aliphatic rings. The van der Waals surface area contributed by atoms with E-state index in [0.29, 0.717) is 12.1 Å². The predicted octanol–water partition coefficient (Wildman–Crippen LogP) is 3.61. The van der Waals surface area contributed by atoms with Gasteiger partial charge in [-0.15, -0.1) is 11.8 Å². The second-order valence-electron chi connectivity index (χ2n) is 5.60. The van der Waals surface area contributed by atoms with Crippen LogP contribution in [-0.4, -0.2) is 35.3 Å². The molecule has 1 aromatic rings. The number of benzene rings is 1. The molecule has 0 unspecified atom stereocenters. The molecule has 0 bridgehead atoms. The summed E-state index contributed by atoms with van der Waals surface area (Å²) in [7, 11) is 0. The van der Waals surface area contributed by atoms with Gasteiger partial charge in [0.2, 0.25) is 0 Å². The van der Waals surface area contributed by atoms with Crippen molar-refractivity contribution in [2.24, 2.45) is 5.73 Å². The molecule has 0 saturated heterocycles. The molecule has 3 heteroatoms. The van der Waals surface area contributed by atoms with Gasteiger partial charge in [0.15, 0.2) is 0 Å². The molecular weight excluding hydrogens is 252 g/mol. The van der Waals surface area contributed by atoms with Crippen molar-refractivity contribution < 1.29 is 0 Å². The average Bonchev–Trinajstić information content (AvgIpc) is 2.37. The van der Waals surface area contributed by atoms with Gasteiger partial charge in [-0.2, -0.15) is 0 Å². The summed E-state index contributed by atoms with van der Waals surface area (Å²) in [5, 5.41) is 0. The van der Waals surface area contributed by atoms with Gasteiger partial charge in [0.25, 0.3) is 0 Å². The molecule has 0 spiro atoms. The monoisotopic (exact) mass is 280 g/mol. The van der Waals surface area contributed by atoms with E-state index in [4.69, 9.17) is 5.73 Å². The number of nitrogens with zero attached hydrogens (tertiary/aromatic N) is 1. The van der Waals surface area contributed by atoms with E-state index in [9.17, 15) is 0 Å². The minimum absolute atomic E-state index is 0.269. The highest BCUT2D eigenvalue weighted by atomic mass is 32.2. The first kappa shape index (κ1) is 16.5. The third kappa shape index (κ3) is 6.46. The third-order valence-corrected chi connectivity index (χ3v) is 4.49. The molecule has 1 aromatic carbocycles. The number of hydrogen-bond acceptors (Lipinski definition) is 3. The molecule has 2 nitrogen and oxygen atoms in total. The Morgan fingerprint density at radius 2 is 1.63 bits per heavy atom. The molecule has 1 rings (SSSR count). The molecule has 0 amide bonds. The lowest BCUT2D eigenvalue weighted by Crippen LogP contribution is -2.40. The van der Waals surface area contributed by atoms with Crippen LogP contribution in [-0.2, 0) is 0 Å². The normalized spacial score (nSPS) is 13.5. The van der Waals surface area contributed by atoms with Gasteiger partial charge in [-0.3, -0.25) is 4.90 Å². The second kappa shape index (κ2) is 8.62. The van der Waals surface area contributed by atoms with E-state index in [0.717, 1.165) is 18.7 Å². The second-order valence-corrected chi connectivity index (χ2v) is 6.69. The molecule has 0 saturated carbocycles. The van der Waals surface area contributed by atoms with Crippen LogP contribution in [0.3, 0.4) is 0 Å². The first-order valence-electron chi connectivity index (χ1n) is 7.20. The fourth-order valence-electron chi connectivity index (χ4n) is 2.23. The molecule has 1 atom stereocenters. The summed E-state index contributed by atoms with van der Waals surface area (Å²) in [5.41, 5.74) is 6.22. The van der Waals surface area contributed by atoms with Crippen LogP contribution in [0.4, 0.5) is 0 Å². The molecule has 2 N–H and O–H groups in total. The zero-order valence-electron chi connectivity index (χ0n) is 12.7. The van der Waals surface area contributed by atoms with Gasteiger partial charge in [0, 0.05) is 35.3 Å². The van der Waals surface area contributed by atoms with Crippen molar-refractivity contribution in [3.63, 3.8) is 0 Å². The lowest BCUT2D eigenvalue weighted by atomic mass is 10.2. The van der Waals surface area contributed by atoms with Crippen LogP contribution in [0.15, 0.2) is 35.2 Å². The van der Waals surface area contributed by atoms with Crippen molar-refractivity contribution in [1.29, 1.82) is 0 Å². The summed E-state index contributed by atoms with van der Waals surface area (Å²) in [6.07, 6.45) is 1.07. The van der Waals surface area contributed by atoms with Crippen molar-refractivity contribution in [3.05, 3.63) is 30.3 Å². The summed E-state index contributed by atoms with van der Waals surface area (Å²) in [4.78, 5) is 3.81. The Hall–Kier alpha value is -0.510. The maximum absolute atomic E-state index is 6.22. The summed E-state index contributed by atoms with van der Waals surface area (Å²) in [6.45, 7) is 10.1. The molecule has 19 heavy (non-hydrogen) atoms. The Labute approximate surface area is 122 Å². The highest BCUT2D eigenvalue weighted by Gasteiger charge is 2.14. The van der Waals surface area contributed by atoms with Crippen molar-refractivity contribution in [3.8, 4) is 0 Å². The van der Waals surface area contributed by atoms with Crippen LogP contribution in [0.5, 0.6) is 0 Å². The van der Waals surface area contributed by atoms with Crippen molar-refractivity contribution in [2.45, 2.75) is 57.1 Å². The summed E-state index contributed by atoms with van der Waals surface area (Å²) in [6, 6.07) is 11.9. The highest BCUT2D eigenvalue weighted by Crippen LogP contribution is 2.18. The predicted molar refractivity (Wildman–Crippen MR) is 86.7 cm³/mol. The fraction of sp³-hybridized carbons (Fsp3) is 0.625. The van der Waals surface area contributed by atoms with Gasteiger partial charge < -0.3 is 5.73 Å². The lowest BCUT2D eigenvalue weighted by molar-refractivity contribution is 0.170. The fourth-order valence-corrected chi connectivity index (χ4v) is 3.15. The third-order valence-electron chi connectivity index (χ3n) is 3.29. The highest BCUT2D eigenvalue weighted by molar-refractivity contribution is 7.99. The Morgan fingerprint density at radius 1 is 1.05 bits per heavy atom. The average molecular weight is 280 g/mol. The van der Waals surface area contributed by atoms with Crippen LogP contribution in [0.2, 0.25) is 0 Å². The smallest absolute Gasteiger partial charge is 0.0146 e. The Balaban J connectivity index is 2.29. The largest absolute Gasteiger partial charge is 0.327 e. The molecule has 0 heterocycles. The molecular formula is C16H28N2S. The Kier molecular flexibility index (Phi) is 7.51. The summed E-state index contributed by atoms with van der Waals surface area (Å²) in [5.74, 6) is 0.994. The molecule has 0 radical (unpaired) electrons. The SMILES string of the molecule is CC(C)N(CC[C@@H](N)CSc1ccccc1)C(C)C. The van der Waals surface area contributed by atoms with Crippen LogP contribution < -0.4 is 5.73 Å². The van der Waals surface area contributed by atoms with E-state index < -0.39 is 0 Å². The molecule has 0 aliphatic heterocycles. The Morgan fingerprint density at radius 3 is 2.16 bits per heavy atom. The van der Waals surface area contributed by atoms with E-state index in [2.05, 4.69) is 56.9 Å². The van der Waals surface area contributed by atoms with Gasteiger partial charge in [-0.25, -0.2) is 0 Å². The lowest BCUT2D eigenvalue weighted by Gasteiger charge is -2.31. The first-order chi connectivity index (χ1) is 9.00. The van der Waals surface area contributed by atoms with E-state index in [1.165, 1.54) is 4.90 Å². The minimum atomic E-state index is 0.269. The number of thioether (sulfide) groups is 1. The summed E-state index contributed by atoms with van der Waals surface area (Å²) < 4.78 is 0. The summed E-state index contributed by atoms with van der Waals surface area (Å²) >= 11 is 1.85. The molecule has 0 fully saturated rings. The van der Waals surface area contributed by atoms with Gasteiger partial charge in [-0.1, -0.05) is 18.2 Å². The van der Waals surface area contributed by atoms with Gasteiger partial charge >= 0.3 is 0 Å². The van der Waals surface area contributed by atoms with Crippen molar-refractivity contribution >= 4 is 11.8 Å². The van der Waals surface area contributed by atoms with Crippen LogP contribution in [0.1, 0.15) is 34.1 Å². The molecule has 108 valence electrons. The van der Waals surface area contributed by atoms with E-state index in [-0.39, 0.29) is 6.04 Å².